The fourth-order valence-electron chi connectivity index (χ4n) is 1.75. The van der Waals surface area contributed by atoms with E-state index in [2.05, 4.69) is 15.0 Å². The van der Waals surface area contributed by atoms with E-state index >= 15 is 0 Å². The van der Waals surface area contributed by atoms with E-state index in [4.69, 9.17) is 5.11 Å². The van der Waals surface area contributed by atoms with Crippen molar-refractivity contribution < 1.29 is 32.4 Å². The van der Waals surface area contributed by atoms with Crippen molar-refractivity contribution in [3.05, 3.63) is 46.8 Å². The Kier molecular flexibility index (Phi) is 3.89. The first-order chi connectivity index (χ1) is 10.2. The lowest BCUT2D eigenvalue weighted by molar-refractivity contribution is -0.137. The zero-order valence-electron chi connectivity index (χ0n) is 11.1. The summed E-state index contributed by atoms with van der Waals surface area (Å²) in [6, 6.07) is 3.96. The van der Waals surface area contributed by atoms with Crippen LogP contribution in [0.5, 0.6) is 0 Å². The zero-order chi connectivity index (χ0) is 16.5. The van der Waals surface area contributed by atoms with Crippen LogP contribution < -0.4 is 5.32 Å². The summed E-state index contributed by atoms with van der Waals surface area (Å²) in [5, 5.41) is 14.3. The number of anilines is 1. The number of benzene rings is 1. The van der Waals surface area contributed by atoms with Gasteiger partial charge in [-0.05, 0) is 25.1 Å². The highest BCUT2D eigenvalue weighted by Gasteiger charge is 2.31. The van der Waals surface area contributed by atoms with Crippen molar-refractivity contribution in [3.63, 3.8) is 0 Å². The maximum absolute atomic E-state index is 12.6. The molecule has 22 heavy (non-hydrogen) atoms. The van der Waals surface area contributed by atoms with E-state index in [-0.39, 0.29) is 17.0 Å². The van der Waals surface area contributed by atoms with Crippen LogP contribution in [-0.2, 0) is 6.18 Å². The minimum absolute atomic E-state index is 0.0538. The Morgan fingerprint density at radius 3 is 2.59 bits per heavy atom. The number of carboxylic acids is 1. The molecule has 6 nitrogen and oxygen atoms in total. The third-order valence-corrected chi connectivity index (χ3v) is 2.74. The van der Waals surface area contributed by atoms with E-state index in [0.29, 0.717) is 0 Å². The number of carbonyl (C=O) groups is 2. The molecule has 2 aromatic rings. The molecule has 2 rings (SSSR count). The maximum atomic E-state index is 12.6. The largest absolute Gasteiger partial charge is 0.476 e. The van der Waals surface area contributed by atoms with E-state index < -0.39 is 29.3 Å². The first-order valence-corrected chi connectivity index (χ1v) is 5.88. The average Bonchev–Trinajstić information content (AvgIpc) is 2.80. The van der Waals surface area contributed by atoms with Crippen molar-refractivity contribution >= 4 is 17.6 Å². The third kappa shape index (κ3) is 3.08. The van der Waals surface area contributed by atoms with Gasteiger partial charge in [-0.1, -0.05) is 11.2 Å². The lowest BCUT2D eigenvalue weighted by atomic mass is 10.1. The summed E-state index contributed by atoms with van der Waals surface area (Å²) in [4.78, 5) is 23.0. The fraction of sp³-hybridized carbons (Fsp3) is 0.154. The molecule has 0 bridgehead atoms. The number of nitrogens with one attached hydrogen (secondary N) is 1. The number of amides is 1. The molecule has 0 saturated heterocycles. The molecule has 0 aliphatic heterocycles. The molecule has 0 aliphatic rings. The standard InChI is InChI=1S/C13H9F3N2O4/c1-6-9(10(12(20)21)18-22-6)11(19)17-8-4-2-3-7(5-8)13(14,15)16/h2-5H,1H3,(H,17,19)(H,20,21). The molecule has 0 saturated carbocycles. The number of nitrogens with zero attached hydrogens (tertiary/aromatic N) is 1. The van der Waals surface area contributed by atoms with Crippen molar-refractivity contribution in [3.8, 4) is 0 Å². The van der Waals surface area contributed by atoms with Crippen LogP contribution in [0.4, 0.5) is 18.9 Å². The number of hydrogen-bond acceptors (Lipinski definition) is 4. The summed E-state index contributed by atoms with van der Waals surface area (Å²) in [6.07, 6.45) is -4.56. The van der Waals surface area contributed by atoms with Crippen LogP contribution in [-0.4, -0.2) is 22.1 Å². The van der Waals surface area contributed by atoms with Gasteiger partial charge < -0.3 is 14.9 Å². The Morgan fingerprint density at radius 1 is 1.32 bits per heavy atom. The van der Waals surface area contributed by atoms with Gasteiger partial charge >= 0.3 is 12.1 Å². The molecule has 2 N–H and O–H groups in total. The molecule has 0 aliphatic carbocycles. The number of carbonyl (C=O) groups excluding carboxylic acids is 1. The molecule has 0 fully saturated rings. The molecule has 1 aromatic heterocycles. The quantitative estimate of drug-likeness (QED) is 0.908. The SMILES string of the molecule is Cc1onc(C(=O)O)c1C(=O)Nc1cccc(C(F)(F)F)c1. The molecule has 9 heteroatoms. The molecule has 0 unspecified atom stereocenters. The number of alkyl halides is 3. The van der Waals surface area contributed by atoms with Gasteiger partial charge in [-0.2, -0.15) is 13.2 Å². The Balaban J connectivity index is 2.30. The average molecular weight is 314 g/mol. The first-order valence-electron chi connectivity index (χ1n) is 5.88. The second kappa shape index (κ2) is 5.51. The van der Waals surface area contributed by atoms with Crippen LogP contribution in [0.3, 0.4) is 0 Å². The van der Waals surface area contributed by atoms with Crippen LogP contribution >= 0.6 is 0 Å². The van der Waals surface area contributed by atoms with Crippen molar-refractivity contribution in [2.45, 2.75) is 13.1 Å². The predicted molar refractivity (Wildman–Crippen MR) is 67.6 cm³/mol. The van der Waals surface area contributed by atoms with Crippen LogP contribution in [0.25, 0.3) is 0 Å². The summed E-state index contributed by atoms with van der Waals surface area (Å²) in [5.41, 5.74) is -2.02. The van der Waals surface area contributed by atoms with Crippen LogP contribution in [0, 0.1) is 6.92 Å². The topological polar surface area (TPSA) is 92.4 Å². The zero-order valence-corrected chi connectivity index (χ0v) is 11.1. The number of aromatic carboxylic acids is 1. The van der Waals surface area contributed by atoms with E-state index in [1.807, 2.05) is 0 Å². The number of aromatic nitrogens is 1. The van der Waals surface area contributed by atoms with E-state index in [0.717, 1.165) is 18.2 Å². The van der Waals surface area contributed by atoms with Gasteiger partial charge in [0.1, 0.15) is 11.3 Å². The lowest BCUT2D eigenvalue weighted by Crippen LogP contribution is -2.17. The number of hydrogen-bond donors (Lipinski definition) is 2. The van der Waals surface area contributed by atoms with Gasteiger partial charge in [-0.15, -0.1) is 0 Å². The Hall–Kier alpha value is -2.84. The normalized spacial score (nSPS) is 11.3. The maximum Gasteiger partial charge on any atom is 0.416 e. The van der Waals surface area contributed by atoms with E-state index in [1.54, 1.807) is 0 Å². The Bertz CT molecular complexity index is 737. The minimum atomic E-state index is -4.56. The van der Waals surface area contributed by atoms with Gasteiger partial charge in [-0.3, -0.25) is 4.79 Å². The van der Waals surface area contributed by atoms with Crippen molar-refractivity contribution in [1.82, 2.24) is 5.16 Å². The highest BCUT2D eigenvalue weighted by Crippen LogP contribution is 2.30. The van der Waals surface area contributed by atoms with Gasteiger partial charge in [0.2, 0.25) is 5.69 Å². The predicted octanol–water partition coefficient (Wildman–Crippen LogP) is 2.95. The lowest BCUT2D eigenvalue weighted by Gasteiger charge is -2.09. The molecule has 1 heterocycles. The fourth-order valence-corrected chi connectivity index (χ4v) is 1.75. The summed E-state index contributed by atoms with van der Waals surface area (Å²) >= 11 is 0. The van der Waals surface area contributed by atoms with Gasteiger partial charge in [0.05, 0.1) is 5.56 Å². The van der Waals surface area contributed by atoms with E-state index in [1.165, 1.54) is 13.0 Å². The number of halogens is 3. The van der Waals surface area contributed by atoms with Crippen molar-refractivity contribution in [1.29, 1.82) is 0 Å². The Morgan fingerprint density at radius 2 is 2.00 bits per heavy atom. The molecular formula is C13H9F3N2O4. The van der Waals surface area contributed by atoms with E-state index in [9.17, 15) is 22.8 Å². The van der Waals surface area contributed by atoms with Gasteiger partial charge in [0.25, 0.3) is 5.91 Å². The summed E-state index contributed by atoms with van der Waals surface area (Å²) in [6.45, 7) is 1.32. The second-order valence-electron chi connectivity index (χ2n) is 4.30. The molecule has 116 valence electrons. The smallest absolute Gasteiger partial charge is 0.416 e. The highest BCUT2D eigenvalue weighted by atomic mass is 19.4. The molecular weight excluding hydrogens is 305 g/mol. The summed E-state index contributed by atoms with van der Waals surface area (Å²) in [5.74, 6) is -2.46. The minimum Gasteiger partial charge on any atom is -0.476 e. The van der Waals surface area contributed by atoms with Gasteiger partial charge in [0.15, 0.2) is 0 Å². The summed E-state index contributed by atoms with van der Waals surface area (Å²) < 4.78 is 42.4. The molecule has 1 aromatic carbocycles. The number of rotatable bonds is 3. The second-order valence-corrected chi connectivity index (χ2v) is 4.30. The Labute approximate surface area is 121 Å². The molecule has 0 spiro atoms. The van der Waals surface area contributed by atoms with Gasteiger partial charge in [-0.25, -0.2) is 4.79 Å². The molecule has 1 amide bonds. The van der Waals surface area contributed by atoms with Gasteiger partial charge in [0, 0.05) is 5.69 Å². The number of aryl methyl sites for hydroxylation is 1. The molecule has 0 radical (unpaired) electrons. The summed E-state index contributed by atoms with van der Waals surface area (Å²) in [7, 11) is 0. The van der Waals surface area contributed by atoms with Crippen molar-refractivity contribution in [2.24, 2.45) is 0 Å². The third-order valence-electron chi connectivity index (χ3n) is 2.74. The molecule has 0 atom stereocenters. The number of carboxylic acid groups (broad SMARTS) is 1. The van der Waals surface area contributed by atoms with Crippen LogP contribution in [0.15, 0.2) is 28.8 Å². The highest BCUT2D eigenvalue weighted by molar-refractivity contribution is 6.10. The first kappa shape index (κ1) is 15.5. The van der Waals surface area contributed by atoms with Crippen molar-refractivity contribution in [2.75, 3.05) is 5.32 Å². The van der Waals surface area contributed by atoms with Crippen LogP contribution in [0.2, 0.25) is 0 Å². The van der Waals surface area contributed by atoms with Crippen LogP contribution in [0.1, 0.15) is 32.2 Å². The monoisotopic (exact) mass is 314 g/mol.